The van der Waals surface area contributed by atoms with Crippen LogP contribution in [0, 0.1) is 11.3 Å². The topological polar surface area (TPSA) is 83.2 Å². The average molecular weight is 350 g/mol. The number of methoxy groups -OCH3 is 1. The molecule has 0 spiro atoms. The van der Waals surface area contributed by atoms with E-state index in [-0.39, 0.29) is 22.8 Å². The largest absolute Gasteiger partial charge is 0.510 e. The molecule has 5 nitrogen and oxygen atoms in total. The fourth-order valence-electron chi connectivity index (χ4n) is 2.38. The SMILES string of the molecule is COc1ccc(C/C(O)=C(\C#N)c2nc(=O)c3ccccc3s2)cc1. The highest BCUT2D eigenvalue weighted by Crippen LogP contribution is 2.25. The Labute approximate surface area is 148 Å². The molecule has 0 saturated heterocycles. The van der Waals surface area contributed by atoms with Crippen molar-refractivity contribution in [1.82, 2.24) is 4.98 Å². The van der Waals surface area contributed by atoms with Crippen LogP contribution in [0.2, 0.25) is 0 Å². The van der Waals surface area contributed by atoms with E-state index >= 15 is 0 Å². The molecule has 0 aliphatic rings. The van der Waals surface area contributed by atoms with Crippen LogP contribution in [0.4, 0.5) is 0 Å². The van der Waals surface area contributed by atoms with Gasteiger partial charge < -0.3 is 9.84 Å². The van der Waals surface area contributed by atoms with Crippen molar-refractivity contribution in [3.63, 3.8) is 0 Å². The second-order valence-electron chi connectivity index (χ2n) is 5.28. The fourth-order valence-corrected chi connectivity index (χ4v) is 3.39. The number of fused-ring (bicyclic) bond motifs is 1. The van der Waals surface area contributed by atoms with Gasteiger partial charge in [-0.2, -0.15) is 10.2 Å². The predicted octanol–water partition coefficient (Wildman–Crippen LogP) is 3.70. The summed E-state index contributed by atoms with van der Waals surface area (Å²) in [5.41, 5.74) is 0.428. The maximum absolute atomic E-state index is 12.1. The first-order chi connectivity index (χ1) is 12.1. The van der Waals surface area contributed by atoms with Gasteiger partial charge in [-0.05, 0) is 29.8 Å². The van der Waals surface area contributed by atoms with E-state index in [1.807, 2.05) is 12.1 Å². The van der Waals surface area contributed by atoms with Crippen molar-refractivity contribution in [1.29, 1.82) is 5.26 Å². The average Bonchev–Trinajstić information content (AvgIpc) is 2.63. The zero-order valence-electron chi connectivity index (χ0n) is 13.4. The molecule has 0 amide bonds. The second kappa shape index (κ2) is 7.16. The van der Waals surface area contributed by atoms with Crippen LogP contribution in [0.5, 0.6) is 5.75 Å². The van der Waals surface area contributed by atoms with Crippen molar-refractivity contribution in [3.8, 4) is 11.8 Å². The number of aliphatic hydroxyl groups is 1. The number of ether oxygens (including phenoxy) is 1. The molecule has 1 heterocycles. The Kier molecular flexibility index (Phi) is 4.78. The van der Waals surface area contributed by atoms with Gasteiger partial charge in [0.25, 0.3) is 5.56 Å². The molecule has 0 fully saturated rings. The van der Waals surface area contributed by atoms with E-state index in [1.165, 1.54) is 11.3 Å². The monoisotopic (exact) mass is 350 g/mol. The number of nitrogens with zero attached hydrogens (tertiary/aromatic N) is 2. The summed E-state index contributed by atoms with van der Waals surface area (Å²) in [4.78, 5) is 16.1. The number of allylic oxidation sites excluding steroid dienone is 2. The Balaban J connectivity index is 2.01. The van der Waals surface area contributed by atoms with E-state index in [2.05, 4.69) is 4.98 Å². The van der Waals surface area contributed by atoms with Gasteiger partial charge in [0, 0.05) is 11.1 Å². The van der Waals surface area contributed by atoms with Gasteiger partial charge in [-0.1, -0.05) is 24.3 Å². The van der Waals surface area contributed by atoms with Gasteiger partial charge in [0.1, 0.15) is 28.2 Å². The quantitative estimate of drug-likeness (QED) is 0.573. The summed E-state index contributed by atoms with van der Waals surface area (Å²) in [7, 11) is 1.58. The van der Waals surface area contributed by atoms with Gasteiger partial charge in [-0.3, -0.25) is 4.79 Å². The third kappa shape index (κ3) is 3.52. The zero-order chi connectivity index (χ0) is 17.8. The molecule has 2 aromatic carbocycles. The molecule has 1 N–H and O–H groups in total. The number of aromatic nitrogens is 1. The normalized spacial score (nSPS) is 11.7. The summed E-state index contributed by atoms with van der Waals surface area (Å²) in [6, 6.07) is 16.2. The maximum atomic E-state index is 12.1. The van der Waals surface area contributed by atoms with Crippen molar-refractivity contribution in [2.24, 2.45) is 0 Å². The first-order valence-electron chi connectivity index (χ1n) is 7.47. The summed E-state index contributed by atoms with van der Waals surface area (Å²) in [6.07, 6.45) is 0.169. The van der Waals surface area contributed by atoms with Crippen molar-refractivity contribution in [2.45, 2.75) is 6.42 Å². The van der Waals surface area contributed by atoms with Crippen LogP contribution in [0.25, 0.3) is 15.7 Å². The van der Waals surface area contributed by atoms with E-state index in [1.54, 1.807) is 49.6 Å². The first kappa shape index (κ1) is 16.7. The van der Waals surface area contributed by atoms with Crippen molar-refractivity contribution < 1.29 is 9.84 Å². The molecule has 1 aromatic heterocycles. The van der Waals surface area contributed by atoms with E-state index in [4.69, 9.17) is 4.74 Å². The molecule has 124 valence electrons. The Morgan fingerprint density at radius 1 is 1.24 bits per heavy atom. The molecule has 6 heteroatoms. The zero-order valence-corrected chi connectivity index (χ0v) is 14.2. The van der Waals surface area contributed by atoms with Crippen molar-refractivity contribution in [3.05, 3.63) is 75.2 Å². The van der Waals surface area contributed by atoms with Crippen LogP contribution < -0.4 is 10.3 Å². The number of aliphatic hydroxyl groups excluding tert-OH is 1. The summed E-state index contributed by atoms with van der Waals surface area (Å²) in [6.45, 7) is 0. The van der Waals surface area contributed by atoms with Gasteiger partial charge in [-0.15, -0.1) is 11.3 Å². The number of hydrogen-bond donors (Lipinski definition) is 1. The Morgan fingerprint density at radius 3 is 2.64 bits per heavy atom. The van der Waals surface area contributed by atoms with Gasteiger partial charge in [0.15, 0.2) is 0 Å². The van der Waals surface area contributed by atoms with Crippen LogP contribution in [0.1, 0.15) is 10.6 Å². The molecule has 3 rings (SSSR count). The number of hydrogen-bond acceptors (Lipinski definition) is 6. The molecular formula is C19H14N2O3S. The lowest BCUT2D eigenvalue weighted by atomic mass is 10.1. The minimum atomic E-state index is -0.408. The lowest BCUT2D eigenvalue weighted by Crippen LogP contribution is -2.08. The van der Waals surface area contributed by atoms with Crippen molar-refractivity contribution >= 4 is 27.0 Å². The highest BCUT2D eigenvalue weighted by atomic mass is 32.1. The third-order valence-corrected chi connectivity index (χ3v) is 4.74. The Hall–Kier alpha value is -3.17. The molecule has 3 aromatic rings. The van der Waals surface area contributed by atoms with E-state index in [0.29, 0.717) is 11.1 Å². The van der Waals surface area contributed by atoms with Crippen LogP contribution in [0.3, 0.4) is 0 Å². The van der Waals surface area contributed by atoms with Gasteiger partial charge in [0.05, 0.1) is 12.5 Å². The number of rotatable bonds is 4. The standard InChI is InChI=1S/C19H14N2O3S/c1-24-13-8-6-12(7-9-13)10-16(22)15(11-20)19-21-18(23)14-4-2-3-5-17(14)25-19/h2-9,22H,10H2,1H3/b16-15-. The highest BCUT2D eigenvalue weighted by Gasteiger charge is 2.14. The van der Waals surface area contributed by atoms with E-state index < -0.39 is 5.56 Å². The summed E-state index contributed by atoms with van der Waals surface area (Å²) < 4.78 is 5.82. The van der Waals surface area contributed by atoms with Crippen LogP contribution >= 0.6 is 11.3 Å². The fraction of sp³-hybridized carbons (Fsp3) is 0.105. The first-order valence-corrected chi connectivity index (χ1v) is 8.29. The minimum Gasteiger partial charge on any atom is -0.510 e. The molecule has 0 unspecified atom stereocenters. The van der Waals surface area contributed by atoms with E-state index in [9.17, 15) is 15.2 Å². The van der Waals surface area contributed by atoms with Crippen LogP contribution in [-0.4, -0.2) is 17.2 Å². The van der Waals surface area contributed by atoms with Crippen LogP contribution in [0.15, 0.2) is 59.1 Å². The lowest BCUT2D eigenvalue weighted by molar-refractivity contribution is 0.401. The maximum Gasteiger partial charge on any atom is 0.279 e. The summed E-state index contributed by atoms with van der Waals surface area (Å²) >= 11 is 1.21. The minimum absolute atomic E-state index is 0.0173. The lowest BCUT2D eigenvalue weighted by Gasteiger charge is -2.06. The number of nitriles is 1. The van der Waals surface area contributed by atoms with Crippen molar-refractivity contribution in [2.75, 3.05) is 7.11 Å². The summed E-state index contributed by atoms with van der Waals surface area (Å²) in [5, 5.41) is 20.6. The van der Waals surface area contributed by atoms with Gasteiger partial charge in [0.2, 0.25) is 0 Å². The highest BCUT2D eigenvalue weighted by molar-refractivity contribution is 7.19. The van der Waals surface area contributed by atoms with Gasteiger partial charge >= 0.3 is 0 Å². The molecule has 0 aliphatic heterocycles. The molecule has 0 atom stereocenters. The molecular weight excluding hydrogens is 336 g/mol. The molecule has 0 saturated carbocycles. The third-order valence-electron chi connectivity index (χ3n) is 3.67. The Bertz CT molecular complexity index is 1050. The smallest absolute Gasteiger partial charge is 0.279 e. The predicted molar refractivity (Wildman–Crippen MR) is 97.7 cm³/mol. The van der Waals surface area contributed by atoms with E-state index in [0.717, 1.165) is 10.3 Å². The molecule has 25 heavy (non-hydrogen) atoms. The van der Waals surface area contributed by atoms with Crippen LogP contribution in [-0.2, 0) is 6.42 Å². The summed E-state index contributed by atoms with van der Waals surface area (Å²) in [5.74, 6) is 0.591. The molecule has 0 aliphatic carbocycles. The molecule has 0 bridgehead atoms. The number of benzene rings is 2. The second-order valence-corrected chi connectivity index (χ2v) is 6.31. The van der Waals surface area contributed by atoms with Gasteiger partial charge in [-0.25, -0.2) is 0 Å². The molecule has 0 radical (unpaired) electrons. The Morgan fingerprint density at radius 2 is 1.96 bits per heavy atom.